The molecule has 1 unspecified atom stereocenters. The van der Waals surface area contributed by atoms with Gasteiger partial charge < -0.3 is 9.64 Å². The summed E-state index contributed by atoms with van der Waals surface area (Å²) in [4.78, 5) is 1.31. The minimum atomic E-state index is -4.73. The van der Waals surface area contributed by atoms with E-state index in [9.17, 15) is 24.6 Å². The van der Waals surface area contributed by atoms with E-state index in [-0.39, 0.29) is 13.1 Å². The minimum absolute atomic E-state index is 0.288. The smallest absolute Gasteiger partial charge is 0.304 e. The lowest BCUT2D eigenvalue weighted by Crippen LogP contribution is -2.32. The SMILES string of the molecule is CCCCC(CC)COc1ccc(N(CCS(=O)(=O)F)CCS(=O)(=O)F)cc1. The number of unbranched alkanes of at least 4 members (excludes halogenated alkanes) is 1. The van der Waals surface area contributed by atoms with Crippen LogP contribution in [0, 0.1) is 5.92 Å². The van der Waals surface area contributed by atoms with E-state index >= 15 is 0 Å². The topological polar surface area (TPSA) is 80.8 Å². The number of hydrogen-bond donors (Lipinski definition) is 0. The van der Waals surface area contributed by atoms with Crippen molar-refractivity contribution in [2.24, 2.45) is 5.92 Å². The molecule has 1 rings (SSSR count). The van der Waals surface area contributed by atoms with E-state index in [1.54, 1.807) is 24.3 Å². The van der Waals surface area contributed by atoms with Crippen LogP contribution in [0.1, 0.15) is 39.5 Å². The molecule has 0 saturated heterocycles. The van der Waals surface area contributed by atoms with Gasteiger partial charge in [-0.2, -0.15) is 16.8 Å². The van der Waals surface area contributed by atoms with Crippen molar-refractivity contribution in [1.29, 1.82) is 0 Å². The molecule has 10 heteroatoms. The summed E-state index contributed by atoms with van der Waals surface area (Å²) in [7, 11) is -9.46. The Balaban J connectivity index is 2.76. The van der Waals surface area contributed by atoms with Crippen LogP contribution in [0.15, 0.2) is 24.3 Å². The maximum Gasteiger partial charge on any atom is 0.304 e. The Kier molecular flexibility index (Phi) is 10.2. The first kappa shape index (κ1) is 24.6. The fourth-order valence-electron chi connectivity index (χ4n) is 2.67. The molecule has 0 N–H and O–H groups in total. The van der Waals surface area contributed by atoms with Gasteiger partial charge in [0, 0.05) is 18.8 Å². The van der Waals surface area contributed by atoms with Crippen LogP contribution in [0.4, 0.5) is 13.5 Å². The zero-order chi connectivity index (χ0) is 21.2. The van der Waals surface area contributed by atoms with E-state index in [1.165, 1.54) is 4.90 Å². The average molecular weight is 442 g/mol. The fourth-order valence-corrected chi connectivity index (χ4v) is 3.55. The molecule has 0 aliphatic carbocycles. The molecule has 0 radical (unpaired) electrons. The summed E-state index contributed by atoms with van der Waals surface area (Å²) in [5.41, 5.74) is 0.456. The van der Waals surface area contributed by atoms with Crippen LogP contribution in [-0.4, -0.2) is 48.0 Å². The number of halogens is 2. The van der Waals surface area contributed by atoms with E-state index in [4.69, 9.17) is 4.74 Å². The van der Waals surface area contributed by atoms with Gasteiger partial charge in [-0.05, 0) is 36.6 Å². The molecule has 0 heterocycles. The van der Waals surface area contributed by atoms with Crippen molar-refractivity contribution < 1.29 is 29.3 Å². The van der Waals surface area contributed by atoms with Gasteiger partial charge in [-0.25, -0.2) is 0 Å². The highest BCUT2D eigenvalue weighted by atomic mass is 32.3. The summed E-state index contributed by atoms with van der Waals surface area (Å²) in [5.74, 6) is -0.545. The van der Waals surface area contributed by atoms with Crippen molar-refractivity contribution in [3.63, 3.8) is 0 Å². The summed E-state index contributed by atoms with van der Waals surface area (Å²) in [6.07, 6.45) is 4.38. The van der Waals surface area contributed by atoms with E-state index in [1.807, 2.05) is 0 Å². The lowest BCUT2D eigenvalue weighted by Gasteiger charge is -2.24. The average Bonchev–Trinajstić information content (AvgIpc) is 2.61. The van der Waals surface area contributed by atoms with Gasteiger partial charge in [0.05, 0.1) is 18.1 Å². The third-order valence-electron chi connectivity index (χ3n) is 4.44. The van der Waals surface area contributed by atoms with Crippen molar-refractivity contribution in [3.8, 4) is 5.75 Å². The summed E-state index contributed by atoms with van der Waals surface area (Å²) < 4.78 is 74.5. The third kappa shape index (κ3) is 10.8. The van der Waals surface area contributed by atoms with Crippen LogP contribution in [0.25, 0.3) is 0 Å². The summed E-state index contributed by atoms with van der Waals surface area (Å²) in [5, 5.41) is 0. The van der Waals surface area contributed by atoms with Crippen LogP contribution in [-0.2, 0) is 20.4 Å². The zero-order valence-corrected chi connectivity index (χ0v) is 17.9. The number of rotatable bonds is 14. The number of nitrogens with zero attached hydrogens (tertiary/aromatic N) is 1. The summed E-state index contributed by atoms with van der Waals surface area (Å²) in [6, 6.07) is 6.56. The second-order valence-corrected chi connectivity index (χ2v) is 9.67. The molecular weight excluding hydrogens is 412 g/mol. The highest BCUT2D eigenvalue weighted by Gasteiger charge is 2.16. The van der Waals surface area contributed by atoms with Gasteiger partial charge in [0.2, 0.25) is 0 Å². The van der Waals surface area contributed by atoms with Crippen molar-refractivity contribution in [2.75, 3.05) is 36.1 Å². The van der Waals surface area contributed by atoms with Crippen LogP contribution >= 0.6 is 0 Å². The first-order chi connectivity index (χ1) is 13.0. The molecule has 0 spiro atoms. The highest BCUT2D eigenvalue weighted by molar-refractivity contribution is 7.86. The molecule has 1 atom stereocenters. The molecule has 28 heavy (non-hydrogen) atoms. The maximum absolute atomic E-state index is 12.8. The van der Waals surface area contributed by atoms with Gasteiger partial charge in [-0.3, -0.25) is 0 Å². The third-order valence-corrected chi connectivity index (χ3v) is 5.78. The molecule has 0 aliphatic rings. The van der Waals surface area contributed by atoms with Crippen LogP contribution in [0.5, 0.6) is 5.75 Å². The van der Waals surface area contributed by atoms with Gasteiger partial charge in [0.1, 0.15) is 5.75 Å². The lowest BCUT2D eigenvalue weighted by molar-refractivity contribution is 0.233. The number of benzene rings is 1. The Bertz CT molecular complexity index is 747. The quantitative estimate of drug-likeness (QED) is 0.410. The second-order valence-electron chi connectivity index (χ2n) is 6.69. The molecule has 0 fully saturated rings. The molecule has 0 aliphatic heterocycles. The predicted molar refractivity (Wildman–Crippen MR) is 107 cm³/mol. The van der Waals surface area contributed by atoms with E-state index in [0.29, 0.717) is 24.0 Å². The molecule has 0 aromatic heterocycles. The Labute approximate surface area is 167 Å². The summed E-state index contributed by atoms with van der Waals surface area (Å²) >= 11 is 0. The standard InChI is InChI=1S/C18H29F2NO5S2/c1-3-5-6-16(4-2)15-26-18-9-7-17(8-10-18)21(11-13-27(19,22)23)12-14-28(20,24)25/h7-10,16H,3-6,11-15H2,1-2H3. The molecule has 6 nitrogen and oxygen atoms in total. The minimum Gasteiger partial charge on any atom is -0.493 e. The summed E-state index contributed by atoms with van der Waals surface area (Å²) in [6.45, 7) is 4.26. The highest BCUT2D eigenvalue weighted by Crippen LogP contribution is 2.22. The number of ether oxygens (including phenoxy) is 1. The van der Waals surface area contributed by atoms with Crippen LogP contribution in [0.3, 0.4) is 0 Å². The van der Waals surface area contributed by atoms with Gasteiger partial charge in [0.15, 0.2) is 0 Å². The van der Waals surface area contributed by atoms with Crippen molar-refractivity contribution in [3.05, 3.63) is 24.3 Å². The second kappa shape index (κ2) is 11.5. The Morgan fingerprint density at radius 3 is 1.93 bits per heavy atom. The molecule has 162 valence electrons. The van der Waals surface area contributed by atoms with Gasteiger partial charge in [0.25, 0.3) is 0 Å². The molecule has 0 amide bonds. The fraction of sp³-hybridized carbons (Fsp3) is 0.667. The lowest BCUT2D eigenvalue weighted by atomic mass is 10.0. The molecule has 1 aromatic rings. The van der Waals surface area contributed by atoms with Gasteiger partial charge >= 0.3 is 20.4 Å². The first-order valence-electron chi connectivity index (χ1n) is 9.36. The maximum atomic E-state index is 12.8. The van der Waals surface area contributed by atoms with Crippen LogP contribution < -0.4 is 9.64 Å². The van der Waals surface area contributed by atoms with Gasteiger partial charge in [-0.1, -0.05) is 33.1 Å². The van der Waals surface area contributed by atoms with Crippen molar-refractivity contribution in [1.82, 2.24) is 0 Å². The van der Waals surface area contributed by atoms with Crippen molar-refractivity contribution >= 4 is 26.1 Å². The Morgan fingerprint density at radius 1 is 0.964 bits per heavy atom. The number of hydrogen-bond acceptors (Lipinski definition) is 6. The van der Waals surface area contributed by atoms with E-state index in [0.717, 1.165) is 25.7 Å². The first-order valence-corrected chi connectivity index (χ1v) is 12.5. The largest absolute Gasteiger partial charge is 0.493 e. The Hall–Kier alpha value is -1.42. The van der Waals surface area contributed by atoms with Crippen molar-refractivity contribution in [2.45, 2.75) is 39.5 Å². The normalized spacial score (nSPS) is 13.3. The predicted octanol–water partition coefficient (Wildman–Crippen LogP) is 3.69. The van der Waals surface area contributed by atoms with E-state index < -0.39 is 32.0 Å². The Morgan fingerprint density at radius 2 is 1.50 bits per heavy atom. The van der Waals surface area contributed by atoms with Crippen LogP contribution in [0.2, 0.25) is 0 Å². The molecule has 1 aromatic carbocycles. The monoisotopic (exact) mass is 441 g/mol. The molecule has 0 bridgehead atoms. The van der Waals surface area contributed by atoms with E-state index in [2.05, 4.69) is 13.8 Å². The zero-order valence-electron chi connectivity index (χ0n) is 16.3. The number of anilines is 1. The molecule has 0 saturated carbocycles. The molecular formula is C18H29F2NO5S2. The van der Waals surface area contributed by atoms with Gasteiger partial charge in [-0.15, -0.1) is 7.77 Å².